The smallest absolute Gasteiger partial charge is 0.208 e. The molecule has 3 aromatic heterocycles. The Morgan fingerprint density at radius 1 is 1.07 bits per heavy atom. The van der Waals surface area contributed by atoms with Crippen molar-refractivity contribution in [3.05, 3.63) is 58.6 Å². The number of Topliss-reactive ketones (excluding diaryl/α,β-unsaturated/α-hetero) is 2. The quantitative estimate of drug-likeness (QED) is 0.511. The Bertz CT molecular complexity index is 1020. The third-order valence-corrected chi connectivity index (χ3v) is 6.10. The van der Waals surface area contributed by atoms with Gasteiger partial charge in [0.1, 0.15) is 5.78 Å². The van der Waals surface area contributed by atoms with Crippen LogP contribution in [0.3, 0.4) is 0 Å². The summed E-state index contributed by atoms with van der Waals surface area (Å²) in [6.07, 6.45) is 3.60. The Balaban J connectivity index is 1.33. The van der Waals surface area contributed by atoms with Crippen LogP contribution in [0.2, 0.25) is 0 Å². The Kier molecular flexibility index (Phi) is 6.18. The van der Waals surface area contributed by atoms with E-state index in [2.05, 4.69) is 30.3 Å². The van der Waals surface area contributed by atoms with Crippen molar-refractivity contribution in [1.29, 1.82) is 0 Å². The molecule has 0 N–H and O–H groups in total. The van der Waals surface area contributed by atoms with Gasteiger partial charge in [-0.1, -0.05) is 24.3 Å². The van der Waals surface area contributed by atoms with Gasteiger partial charge in [0, 0.05) is 43.7 Å². The first-order valence-corrected chi connectivity index (χ1v) is 10.8. The van der Waals surface area contributed by atoms with Gasteiger partial charge in [0.25, 0.3) is 0 Å². The van der Waals surface area contributed by atoms with E-state index in [4.69, 9.17) is 0 Å². The molecule has 4 rings (SSSR count). The molecule has 0 aliphatic carbocycles. The maximum atomic E-state index is 12.2. The minimum absolute atomic E-state index is 0.0218. The topological polar surface area (TPSA) is 102 Å². The van der Waals surface area contributed by atoms with Crippen LogP contribution in [-0.2, 0) is 17.6 Å². The molecule has 0 radical (unpaired) electrons. The zero-order valence-electron chi connectivity index (χ0n) is 16.7. The van der Waals surface area contributed by atoms with E-state index in [0.717, 1.165) is 36.0 Å². The number of carbonyl (C=O) groups is 2. The fraction of sp³-hybridized carbons (Fsp3) is 0.381. The average Bonchev–Trinajstić information content (AvgIpc) is 3.44. The summed E-state index contributed by atoms with van der Waals surface area (Å²) in [5.41, 5.74) is 2.34. The van der Waals surface area contributed by atoms with Crippen LogP contribution in [0.1, 0.15) is 52.6 Å². The Labute approximate surface area is 178 Å². The van der Waals surface area contributed by atoms with Crippen LogP contribution >= 0.6 is 11.3 Å². The lowest BCUT2D eigenvalue weighted by Crippen LogP contribution is -2.19. The van der Waals surface area contributed by atoms with Crippen LogP contribution in [0.4, 0.5) is 5.13 Å². The summed E-state index contributed by atoms with van der Waals surface area (Å²) in [6.45, 7) is 3.43. The molecule has 8 nitrogen and oxygen atoms in total. The molecule has 0 spiro atoms. The minimum Gasteiger partial charge on any atom is -0.346 e. The second-order valence-electron chi connectivity index (χ2n) is 7.26. The number of nitrogens with zero attached hydrogens (tertiary/aromatic N) is 6. The molecule has 9 heteroatoms. The molecule has 1 fully saturated rings. The zero-order valence-corrected chi connectivity index (χ0v) is 17.5. The molecule has 1 aliphatic heterocycles. The van der Waals surface area contributed by atoms with Crippen molar-refractivity contribution in [2.24, 2.45) is 0 Å². The van der Waals surface area contributed by atoms with Gasteiger partial charge < -0.3 is 4.90 Å². The standard InChI is InChI=1S/C21H22N6O2S/c1-2-19(29)20-25-26-21(30-20)27-10-8-14(13-27)18-7-6-16(23-24-18)12-17(28)11-15-5-3-4-9-22-15/h3-7,9,14H,2,8,10-13H2,1H3. The molecule has 30 heavy (non-hydrogen) atoms. The molecular formula is C21H22N6O2S. The van der Waals surface area contributed by atoms with Crippen LogP contribution in [0.15, 0.2) is 36.5 Å². The summed E-state index contributed by atoms with van der Waals surface area (Å²) in [6, 6.07) is 9.38. The summed E-state index contributed by atoms with van der Waals surface area (Å²) in [5, 5.41) is 18.1. The minimum atomic E-state index is 0.0218. The van der Waals surface area contributed by atoms with Gasteiger partial charge in [0.05, 0.1) is 17.8 Å². The van der Waals surface area contributed by atoms with Gasteiger partial charge in [-0.25, -0.2) is 0 Å². The molecule has 3 aromatic rings. The van der Waals surface area contributed by atoms with Gasteiger partial charge in [0.15, 0.2) is 10.8 Å². The predicted molar refractivity (Wildman–Crippen MR) is 113 cm³/mol. The van der Waals surface area contributed by atoms with Crippen LogP contribution in [0, 0.1) is 0 Å². The first kappa shape index (κ1) is 20.2. The summed E-state index contributed by atoms with van der Waals surface area (Å²) in [7, 11) is 0. The normalized spacial score (nSPS) is 16.0. The number of ketones is 2. The highest BCUT2D eigenvalue weighted by molar-refractivity contribution is 7.17. The molecule has 1 aliphatic rings. The van der Waals surface area contributed by atoms with E-state index in [0.29, 0.717) is 23.5 Å². The van der Waals surface area contributed by atoms with Crippen molar-refractivity contribution in [3.63, 3.8) is 0 Å². The summed E-state index contributed by atoms with van der Waals surface area (Å²) < 4.78 is 0. The average molecular weight is 423 g/mol. The second-order valence-corrected chi connectivity index (χ2v) is 8.22. The number of aromatic nitrogens is 5. The predicted octanol–water partition coefficient (Wildman–Crippen LogP) is 2.66. The zero-order chi connectivity index (χ0) is 20.9. The number of carbonyl (C=O) groups excluding carboxylic acids is 2. The third kappa shape index (κ3) is 4.73. The van der Waals surface area contributed by atoms with Gasteiger partial charge in [0.2, 0.25) is 5.13 Å². The summed E-state index contributed by atoms with van der Waals surface area (Å²) in [5.74, 6) is 0.329. The van der Waals surface area contributed by atoms with Gasteiger partial charge in [-0.2, -0.15) is 10.2 Å². The van der Waals surface area contributed by atoms with Gasteiger partial charge in [-0.3, -0.25) is 14.6 Å². The molecule has 0 saturated carbocycles. The molecule has 0 bridgehead atoms. The molecule has 0 amide bonds. The maximum absolute atomic E-state index is 12.2. The van der Waals surface area contributed by atoms with E-state index in [-0.39, 0.29) is 23.9 Å². The molecule has 154 valence electrons. The fourth-order valence-electron chi connectivity index (χ4n) is 3.43. The highest BCUT2D eigenvalue weighted by Crippen LogP contribution is 2.31. The lowest BCUT2D eigenvalue weighted by molar-refractivity contribution is -0.117. The molecule has 1 unspecified atom stereocenters. The third-order valence-electron chi connectivity index (χ3n) is 5.07. The van der Waals surface area contributed by atoms with Gasteiger partial charge >= 0.3 is 0 Å². The molecule has 0 aromatic carbocycles. The highest BCUT2D eigenvalue weighted by Gasteiger charge is 2.28. The number of pyridine rings is 1. The van der Waals surface area contributed by atoms with Crippen molar-refractivity contribution >= 4 is 28.0 Å². The van der Waals surface area contributed by atoms with E-state index < -0.39 is 0 Å². The number of rotatable bonds is 8. The molecule has 4 heterocycles. The largest absolute Gasteiger partial charge is 0.346 e. The van der Waals surface area contributed by atoms with Crippen molar-refractivity contribution in [3.8, 4) is 0 Å². The Morgan fingerprint density at radius 2 is 1.93 bits per heavy atom. The Morgan fingerprint density at radius 3 is 2.67 bits per heavy atom. The van der Waals surface area contributed by atoms with Crippen LogP contribution in [0.5, 0.6) is 0 Å². The maximum Gasteiger partial charge on any atom is 0.208 e. The molecular weight excluding hydrogens is 400 g/mol. The first-order valence-electron chi connectivity index (χ1n) is 9.98. The molecule has 1 atom stereocenters. The van der Waals surface area contributed by atoms with Crippen LogP contribution in [-0.4, -0.2) is 50.0 Å². The lowest BCUT2D eigenvalue weighted by Gasteiger charge is -2.13. The summed E-state index contributed by atoms with van der Waals surface area (Å²) in [4.78, 5) is 30.4. The first-order chi connectivity index (χ1) is 14.6. The fourth-order valence-corrected chi connectivity index (χ4v) is 4.32. The van der Waals surface area contributed by atoms with E-state index >= 15 is 0 Å². The molecule has 1 saturated heterocycles. The SMILES string of the molecule is CCC(=O)c1nnc(N2CCC(c3ccc(CC(=O)Cc4ccccn4)nn3)C2)s1. The summed E-state index contributed by atoms with van der Waals surface area (Å²) >= 11 is 1.35. The van der Waals surface area contributed by atoms with E-state index in [1.54, 1.807) is 6.20 Å². The highest BCUT2D eigenvalue weighted by atomic mass is 32.1. The van der Waals surface area contributed by atoms with Crippen LogP contribution < -0.4 is 4.90 Å². The van der Waals surface area contributed by atoms with E-state index in [1.165, 1.54) is 11.3 Å². The van der Waals surface area contributed by atoms with Gasteiger partial charge in [-0.15, -0.1) is 10.2 Å². The van der Waals surface area contributed by atoms with E-state index in [9.17, 15) is 9.59 Å². The van der Waals surface area contributed by atoms with Crippen molar-refractivity contribution < 1.29 is 9.59 Å². The second kappa shape index (κ2) is 9.17. The Hall–Kier alpha value is -3.07. The van der Waals surface area contributed by atoms with Crippen LogP contribution in [0.25, 0.3) is 0 Å². The van der Waals surface area contributed by atoms with E-state index in [1.807, 2.05) is 37.3 Å². The van der Waals surface area contributed by atoms with Gasteiger partial charge in [-0.05, 0) is 30.7 Å². The lowest BCUT2D eigenvalue weighted by atomic mass is 10.0. The monoisotopic (exact) mass is 422 g/mol. The number of anilines is 1. The van der Waals surface area contributed by atoms with Crippen molar-refractivity contribution in [2.75, 3.05) is 18.0 Å². The van der Waals surface area contributed by atoms with Crippen molar-refractivity contribution in [2.45, 2.75) is 38.5 Å². The number of hydrogen-bond donors (Lipinski definition) is 0. The number of hydrogen-bond acceptors (Lipinski definition) is 9. The van der Waals surface area contributed by atoms with Crippen molar-refractivity contribution in [1.82, 2.24) is 25.4 Å².